The molecule has 0 radical (unpaired) electrons. The minimum absolute atomic E-state index is 0.0730. The molecule has 0 aliphatic carbocycles. The fourth-order valence-electron chi connectivity index (χ4n) is 5.73. The molecule has 2 unspecified atom stereocenters. The minimum Gasteiger partial charge on any atom is -0.496 e. The van der Waals surface area contributed by atoms with Crippen molar-refractivity contribution in [1.29, 1.82) is 0 Å². The molecule has 2 N–H and O–H groups in total. The molecule has 192 valence electrons. The molecule has 5 rings (SSSR count). The number of fused-ring (bicyclic) bond motifs is 1. The van der Waals surface area contributed by atoms with Crippen LogP contribution in [-0.4, -0.2) is 78.6 Å². The van der Waals surface area contributed by atoms with Crippen molar-refractivity contribution in [2.75, 3.05) is 33.0 Å². The highest BCUT2D eigenvalue weighted by molar-refractivity contribution is 7.91. The van der Waals surface area contributed by atoms with Gasteiger partial charge in [-0.2, -0.15) is 0 Å². The van der Waals surface area contributed by atoms with Gasteiger partial charge in [-0.1, -0.05) is 12.1 Å². The number of hydrogen-bond acceptors (Lipinski definition) is 6. The maximum Gasteiger partial charge on any atom is 0.335 e. The van der Waals surface area contributed by atoms with E-state index in [1.807, 2.05) is 18.3 Å². The Labute approximate surface area is 211 Å². The predicted molar refractivity (Wildman–Crippen MR) is 139 cm³/mol. The van der Waals surface area contributed by atoms with Crippen molar-refractivity contribution in [3.05, 3.63) is 64.8 Å². The van der Waals surface area contributed by atoms with Gasteiger partial charge in [-0.05, 0) is 55.2 Å². The Kier molecular flexibility index (Phi) is 6.57. The summed E-state index contributed by atoms with van der Waals surface area (Å²) in [6.45, 7) is 4.79. The number of hydrogen-bond donors (Lipinski definition) is 2. The number of benzene rings is 2. The monoisotopic (exact) mass is 511 g/mol. The first-order valence-corrected chi connectivity index (χ1v) is 14.2. The van der Waals surface area contributed by atoms with Crippen molar-refractivity contribution < 1.29 is 23.1 Å². The van der Waals surface area contributed by atoms with Gasteiger partial charge in [0.1, 0.15) is 5.75 Å². The van der Waals surface area contributed by atoms with Gasteiger partial charge in [0.2, 0.25) is 0 Å². The molecule has 0 spiro atoms. The molecule has 2 aliphatic heterocycles. The number of aryl methyl sites for hydroxylation is 1. The molecule has 1 aromatic heterocycles. The van der Waals surface area contributed by atoms with Crippen molar-refractivity contribution in [3.8, 4) is 5.75 Å². The maximum atomic E-state index is 11.9. The number of sulfone groups is 1. The number of ether oxygens (including phenoxy) is 1. The number of H-pyrrole nitrogens is 1. The number of nitrogens with one attached hydrogen (secondary N) is 1. The van der Waals surface area contributed by atoms with Crippen LogP contribution in [0.5, 0.6) is 5.75 Å². The van der Waals surface area contributed by atoms with Crippen molar-refractivity contribution in [2.45, 2.75) is 43.6 Å². The van der Waals surface area contributed by atoms with Gasteiger partial charge >= 0.3 is 5.97 Å². The summed E-state index contributed by atoms with van der Waals surface area (Å²) < 4.78 is 29.7. The third-order valence-corrected chi connectivity index (χ3v) is 9.43. The molecule has 0 saturated carbocycles. The van der Waals surface area contributed by atoms with E-state index in [-0.39, 0.29) is 22.9 Å². The molecule has 2 atom stereocenters. The van der Waals surface area contributed by atoms with Gasteiger partial charge in [-0.15, -0.1) is 0 Å². The van der Waals surface area contributed by atoms with Crippen LogP contribution < -0.4 is 4.74 Å². The number of aromatic nitrogens is 1. The second kappa shape index (κ2) is 9.53. The molecule has 8 nitrogen and oxygen atoms in total. The van der Waals surface area contributed by atoms with Gasteiger partial charge in [0.15, 0.2) is 9.84 Å². The van der Waals surface area contributed by atoms with Gasteiger partial charge in [0.25, 0.3) is 0 Å². The Balaban J connectivity index is 1.44. The third kappa shape index (κ3) is 4.63. The SMILES string of the molecule is COc1cc(C)c2[nH]ccc2c1CN1CCC(N2CC(S(C)(=O)=O)C2)CC1c1ccc(C(=O)O)cc1. The van der Waals surface area contributed by atoms with Crippen molar-refractivity contribution in [2.24, 2.45) is 0 Å². The number of carbonyl (C=O) groups is 1. The lowest BCUT2D eigenvalue weighted by molar-refractivity contribution is 0.0312. The Morgan fingerprint density at radius 3 is 2.56 bits per heavy atom. The summed E-state index contributed by atoms with van der Waals surface area (Å²) >= 11 is 0. The molecule has 9 heteroatoms. The zero-order valence-corrected chi connectivity index (χ0v) is 21.7. The zero-order valence-electron chi connectivity index (χ0n) is 20.9. The van der Waals surface area contributed by atoms with E-state index in [1.165, 1.54) is 6.26 Å². The Morgan fingerprint density at radius 2 is 1.92 bits per heavy atom. The van der Waals surface area contributed by atoms with E-state index in [9.17, 15) is 18.3 Å². The van der Waals surface area contributed by atoms with E-state index in [0.717, 1.165) is 52.7 Å². The average Bonchev–Trinajstić information content (AvgIpc) is 3.30. The number of piperidine rings is 1. The number of carboxylic acids is 1. The lowest BCUT2D eigenvalue weighted by Crippen LogP contribution is -2.60. The van der Waals surface area contributed by atoms with Crippen LogP contribution in [0.3, 0.4) is 0 Å². The van der Waals surface area contributed by atoms with Crippen LogP contribution >= 0.6 is 0 Å². The standard InChI is InChI=1S/C27H33N3O5S/c1-17-12-25(35-2)23(22-8-10-28-26(17)22)16-29-11-9-20(30-14-21(15-30)36(3,33)34)13-24(29)18-4-6-19(7-5-18)27(31)32/h4-8,10,12,20-21,24,28H,9,11,13-16H2,1-3H3,(H,31,32). The van der Waals surface area contributed by atoms with Crippen LogP contribution in [-0.2, 0) is 16.4 Å². The lowest BCUT2D eigenvalue weighted by atomic mass is 9.88. The predicted octanol–water partition coefficient (Wildman–Crippen LogP) is 3.62. The van der Waals surface area contributed by atoms with Gasteiger partial charge < -0.3 is 14.8 Å². The largest absolute Gasteiger partial charge is 0.496 e. The summed E-state index contributed by atoms with van der Waals surface area (Å²) in [7, 11) is -1.32. The molecular weight excluding hydrogens is 478 g/mol. The summed E-state index contributed by atoms with van der Waals surface area (Å²) in [6, 6.07) is 11.7. The van der Waals surface area contributed by atoms with Gasteiger partial charge in [-0.3, -0.25) is 9.80 Å². The van der Waals surface area contributed by atoms with Crippen LogP contribution in [0.25, 0.3) is 10.9 Å². The Hall–Kier alpha value is -2.88. The number of nitrogens with zero attached hydrogens (tertiary/aromatic N) is 2. The Bertz CT molecular complexity index is 1380. The molecule has 2 fully saturated rings. The highest BCUT2D eigenvalue weighted by Gasteiger charge is 2.41. The van der Waals surface area contributed by atoms with Gasteiger partial charge in [-0.25, -0.2) is 13.2 Å². The molecular formula is C27H33N3O5S. The number of likely N-dealkylation sites (tertiary alicyclic amines) is 2. The average molecular weight is 512 g/mol. The van der Waals surface area contributed by atoms with Gasteiger partial charge in [0.05, 0.1) is 17.9 Å². The first kappa shape index (κ1) is 24.8. The lowest BCUT2D eigenvalue weighted by Gasteiger charge is -2.49. The maximum absolute atomic E-state index is 11.9. The van der Waals surface area contributed by atoms with E-state index < -0.39 is 15.8 Å². The second-order valence-electron chi connectivity index (χ2n) is 10.1. The van der Waals surface area contributed by atoms with Gasteiger partial charge in [0, 0.05) is 67.2 Å². The smallest absolute Gasteiger partial charge is 0.335 e. The summed E-state index contributed by atoms with van der Waals surface area (Å²) in [5.41, 5.74) is 4.71. The summed E-state index contributed by atoms with van der Waals surface area (Å²) in [5, 5.41) is 10.2. The Morgan fingerprint density at radius 1 is 1.19 bits per heavy atom. The summed E-state index contributed by atoms with van der Waals surface area (Å²) in [4.78, 5) is 19.5. The minimum atomic E-state index is -3.02. The second-order valence-corrected chi connectivity index (χ2v) is 12.5. The van der Waals surface area contributed by atoms with Crippen LogP contribution in [0.2, 0.25) is 0 Å². The van der Waals surface area contributed by atoms with E-state index >= 15 is 0 Å². The highest BCUT2D eigenvalue weighted by atomic mass is 32.2. The number of aromatic carboxylic acids is 1. The number of aromatic amines is 1. The fraction of sp³-hybridized carbons (Fsp3) is 0.444. The number of carboxylic acid groups (broad SMARTS) is 1. The van der Waals surface area contributed by atoms with Crippen molar-refractivity contribution in [1.82, 2.24) is 14.8 Å². The molecule has 3 aromatic rings. The molecule has 3 heterocycles. The molecule has 36 heavy (non-hydrogen) atoms. The van der Waals surface area contributed by atoms with Crippen molar-refractivity contribution >= 4 is 26.7 Å². The normalized spacial score (nSPS) is 22.0. The zero-order chi connectivity index (χ0) is 25.6. The van der Waals surface area contributed by atoms with Crippen LogP contribution in [0, 0.1) is 6.92 Å². The number of rotatable bonds is 7. The quantitative estimate of drug-likeness (QED) is 0.499. The first-order valence-electron chi connectivity index (χ1n) is 12.3. The van der Waals surface area contributed by atoms with E-state index in [0.29, 0.717) is 19.6 Å². The first-order chi connectivity index (χ1) is 17.2. The van der Waals surface area contributed by atoms with E-state index in [2.05, 4.69) is 33.8 Å². The van der Waals surface area contributed by atoms with E-state index in [4.69, 9.17) is 4.74 Å². The summed E-state index contributed by atoms with van der Waals surface area (Å²) in [6.07, 6.45) is 5.08. The fourth-order valence-corrected chi connectivity index (χ4v) is 6.66. The topological polar surface area (TPSA) is 103 Å². The third-order valence-electron chi connectivity index (χ3n) is 7.92. The summed E-state index contributed by atoms with van der Waals surface area (Å²) in [5.74, 6) is -0.0769. The molecule has 2 aliphatic rings. The van der Waals surface area contributed by atoms with Crippen LogP contribution in [0.15, 0.2) is 42.6 Å². The molecule has 2 saturated heterocycles. The number of methoxy groups -OCH3 is 1. The molecule has 2 aromatic carbocycles. The van der Waals surface area contributed by atoms with E-state index in [1.54, 1.807) is 19.2 Å². The molecule has 0 bridgehead atoms. The van der Waals surface area contributed by atoms with Crippen LogP contribution in [0.4, 0.5) is 0 Å². The van der Waals surface area contributed by atoms with Crippen molar-refractivity contribution in [3.63, 3.8) is 0 Å². The highest BCUT2D eigenvalue weighted by Crippen LogP contribution is 2.39. The van der Waals surface area contributed by atoms with Crippen LogP contribution in [0.1, 0.15) is 45.9 Å². The molecule has 0 amide bonds.